The largest absolute Gasteiger partial charge is 0.493 e. The van der Waals surface area contributed by atoms with Crippen LogP contribution in [-0.2, 0) is 14.3 Å². The lowest BCUT2D eigenvalue weighted by Gasteiger charge is -2.21. The summed E-state index contributed by atoms with van der Waals surface area (Å²) in [7, 11) is 0. The summed E-state index contributed by atoms with van der Waals surface area (Å²) in [5, 5.41) is 2.71. The highest BCUT2D eigenvalue weighted by Gasteiger charge is 2.44. The van der Waals surface area contributed by atoms with Crippen LogP contribution in [0, 0.1) is 6.92 Å². The average molecular weight is 411 g/mol. The molecule has 0 radical (unpaired) electrons. The standard InChI is InChI=1S/C23H25NO6/c1-16-5-4-6-18(13-16)27-12-9-22(26)28-15-21(25)24-17-7-8-19-20(14-17)30-23(29-19)10-2-3-11-23/h4-8,13-14H,2-3,9-12,15H2,1H3,(H,24,25). The van der Waals surface area contributed by atoms with Crippen molar-refractivity contribution < 1.29 is 28.5 Å². The Bertz CT molecular complexity index is 935. The molecule has 2 aromatic carbocycles. The van der Waals surface area contributed by atoms with Gasteiger partial charge in [-0.3, -0.25) is 9.59 Å². The maximum absolute atomic E-state index is 12.1. The van der Waals surface area contributed by atoms with Gasteiger partial charge in [0.15, 0.2) is 18.1 Å². The van der Waals surface area contributed by atoms with Crippen LogP contribution in [0.5, 0.6) is 17.2 Å². The van der Waals surface area contributed by atoms with Gasteiger partial charge in [0.25, 0.3) is 11.7 Å². The Kier molecular flexibility index (Phi) is 5.79. The fraction of sp³-hybridized carbons (Fsp3) is 0.391. The molecule has 0 saturated heterocycles. The molecule has 1 amide bonds. The van der Waals surface area contributed by atoms with E-state index in [1.54, 1.807) is 18.2 Å². The summed E-state index contributed by atoms with van der Waals surface area (Å²) < 4.78 is 22.5. The molecule has 1 saturated carbocycles. The molecule has 2 aromatic rings. The molecule has 0 unspecified atom stereocenters. The second kappa shape index (κ2) is 8.65. The minimum absolute atomic E-state index is 0.0628. The number of hydrogen-bond acceptors (Lipinski definition) is 6. The highest BCUT2D eigenvalue weighted by molar-refractivity contribution is 5.93. The molecule has 1 fully saturated rings. The number of nitrogens with one attached hydrogen (secondary N) is 1. The molecule has 1 N–H and O–H groups in total. The Morgan fingerprint density at radius 2 is 1.87 bits per heavy atom. The van der Waals surface area contributed by atoms with Crippen LogP contribution in [0.1, 0.15) is 37.7 Å². The molecule has 2 aliphatic rings. The van der Waals surface area contributed by atoms with E-state index in [0.717, 1.165) is 31.2 Å². The zero-order chi connectivity index (χ0) is 21.0. The van der Waals surface area contributed by atoms with Gasteiger partial charge in [0, 0.05) is 24.6 Å². The molecular formula is C23H25NO6. The van der Waals surface area contributed by atoms with E-state index in [1.807, 2.05) is 31.2 Å². The van der Waals surface area contributed by atoms with Crippen molar-refractivity contribution in [2.75, 3.05) is 18.5 Å². The number of carbonyl (C=O) groups is 2. The Morgan fingerprint density at radius 3 is 2.67 bits per heavy atom. The van der Waals surface area contributed by atoms with E-state index in [2.05, 4.69) is 5.32 Å². The fourth-order valence-electron chi connectivity index (χ4n) is 3.66. The monoisotopic (exact) mass is 411 g/mol. The first kappa shape index (κ1) is 20.1. The SMILES string of the molecule is Cc1cccc(OCCC(=O)OCC(=O)Nc2ccc3c(c2)OC2(CCCC2)O3)c1. The molecular weight excluding hydrogens is 386 g/mol. The van der Waals surface area contributed by atoms with Crippen LogP contribution < -0.4 is 19.5 Å². The third kappa shape index (κ3) is 4.84. The molecule has 158 valence electrons. The molecule has 0 atom stereocenters. The van der Waals surface area contributed by atoms with E-state index in [1.165, 1.54) is 0 Å². The number of rotatable bonds is 7. The molecule has 1 heterocycles. The maximum atomic E-state index is 12.1. The van der Waals surface area contributed by atoms with E-state index in [9.17, 15) is 9.59 Å². The Balaban J connectivity index is 1.19. The molecule has 1 aliphatic heterocycles. The average Bonchev–Trinajstić information content (AvgIpc) is 3.32. The first-order valence-corrected chi connectivity index (χ1v) is 10.2. The van der Waals surface area contributed by atoms with Crippen LogP contribution in [0.4, 0.5) is 5.69 Å². The number of aryl methyl sites for hydroxylation is 1. The van der Waals surface area contributed by atoms with Crippen LogP contribution in [0.2, 0.25) is 0 Å². The number of carbonyl (C=O) groups excluding carboxylic acids is 2. The molecule has 1 spiro atoms. The van der Waals surface area contributed by atoms with Crippen LogP contribution >= 0.6 is 0 Å². The maximum Gasteiger partial charge on any atom is 0.309 e. The van der Waals surface area contributed by atoms with Crippen LogP contribution in [0.15, 0.2) is 42.5 Å². The third-order valence-electron chi connectivity index (χ3n) is 5.11. The van der Waals surface area contributed by atoms with Gasteiger partial charge in [-0.05, 0) is 49.6 Å². The predicted octanol–water partition coefficient (Wildman–Crippen LogP) is 3.99. The number of fused-ring (bicyclic) bond motifs is 1. The number of ether oxygens (including phenoxy) is 4. The van der Waals surface area contributed by atoms with Crippen LogP contribution in [0.25, 0.3) is 0 Å². The smallest absolute Gasteiger partial charge is 0.309 e. The van der Waals surface area contributed by atoms with Crippen LogP contribution in [0.3, 0.4) is 0 Å². The highest BCUT2D eigenvalue weighted by atomic mass is 16.7. The molecule has 0 bridgehead atoms. The van der Waals surface area contributed by atoms with Crippen molar-refractivity contribution in [1.82, 2.24) is 0 Å². The molecule has 0 aromatic heterocycles. The van der Waals surface area contributed by atoms with Gasteiger partial charge in [-0.1, -0.05) is 12.1 Å². The van der Waals surface area contributed by atoms with Crippen molar-refractivity contribution in [3.8, 4) is 17.2 Å². The minimum atomic E-state index is -0.541. The third-order valence-corrected chi connectivity index (χ3v) is 5.11. The molecule has 30 heavy (non-hydrogen) atoms. The first-order valence-electron chi connectivity index (χ1n) is 10.2. The summed E-state index contributed by atoms with van der Waals surface area (Å²) in [5.41, 5.74) is 1.64. The van der Waals surface area contributed by atoms with Gasteiger partial charge in [-0.15, -0.1) is 0 Å². The topological polar surface area (TPSA) is 83.1 Å². The van der Waals surface area contributed by atoms with Gasteiger partial charge in [-0.2, -0.15) is 0 Å². The predicted molar refractivity (Wildman–Crippen MR) is 110 cm³/mol. The van der Waals surface area contributed by atoms with Gasteiger partial charge >= 0.3 is 5.97 Å². The van der Waals surface area contributed by atoms with Crippen molar-refractivity contribution in [3.05, 3.63) is 48.0 Å². The van der Waals surface area contributed by atoms with Crippen molar-refractivity contribution in [2.45, 2.75) is 44.8 Å². The lowest BCUT2D eigenvalue weighted by Crippen LogP contribution is -2.34. The van der Waals surface area contributed by atoms with E-state index < -0.39 is 17.7 Å². The number of esters is 1. The summed E-state index contributed by atoms with van der Waals surface area (Å²) in [4.78, 5) is 23.9. The van der Waals surface area contributed by atoms with E-state index >= 15 is 0 Å². The number of amides is 1. The lowest BCUT2D eigenvalue weighted by atomic mass is 10.2. The zero-order valence-corrected chi connectivity index (χ0v) is 16.9. The van der Waals surface area contributed by atoms with Gasteiger partial charge in [0.1, 0.15) is 5.75 Å². The second-order valence-corrected chi connectivity index (χ2v) is 7.61. The molecule has 4 rings (SSSR count). The summed E-state index contributed by atoms with van der Waals surface area (Å²) in [6.07, 6.45) is 3.96. The Morgan fingerprint density at radius 1 is 1.07 bits per heavy atom. The summed E-state index contributed by atoms with van der Waals surface area (Å²) in [6.45, 7) is 1.79. The van der Waals surface area contributed by atoms with Gasteiger partial charge in [0.2, 0.25) is 0 Å². The normalized spacial score (nSPS) is 15.8. The van der Waals surface area contributed by atoms with Crippen molar-refractivity contribution in [1.29, 1.82) is 0 Å². The number of benzene rings is 2. The van der Waals surface area contributed by atoms with Gasteiger partial charge in [0.05, 0.1) is 13.0 Å². The van der Waals surface area contributed by atoms with Gasteiger partial charge in [-0.25, -0.2) is 0 Å². The Labute approximate surface area is 175 Å². The highest BCUT2D eigenvalue weighted by Crippen LogP contribution is 2.47. The second-order valence-electron chi connectivity index (χ2n) is 7.61. The van der Waals surface area contributed by atoms with E-state index in [0.29, 0.717) is 22.9 Å². The molecule has 7 nitrogen and oxygen atoms in total. The van der Waals surface area contributed by atoms with Crippen molar-refractivity contribution in [2.24, 2.45) is 0 Å². The van der Waals surface area contributed by atoms with Gasteiger partial charge < -0.3 is 24.3 Å². The summed E-state index contributed by atoms with van der Waals surface area (Å²) in [6, 6.07) is 12.8. The van der Waals surface area contributed by atoms with Crippen LogP contribution in [-0.4, -0.2) is 30.9 Å². The van der Waals surface area contributed by atoms with Crippen molar-refractivity contribution >= 4 is 17.6 Å². The quantitative estimate of drug-likeness (QED) is 0.694. The van der Waals surface area contributed by atoms with Crippen molar-refractivity contribution in [3.63, 3.8) is 0 Å². The lowest BCUT2D eigenvalue weighted by molar-refractivity contribution is -0.147. The summed E-state index contributed by atoms with van der Waals surface area (Å²) in [5.74, 6) is 0.558. The minimum Gasteiger partial charge on any atom is -0.493 e. The molecule has 1 aliphatic carbocycles. The summed E-state index contributed by atoms with van der Waals surface area (Å²) >= 11 is 0. The van der Waals surface area contributed by atoms with E-state index in [-0.39, 0.29) is 19.6 Å². The fourth-order valence-corrected chi connectivity index (χ4v) is 3.66. The number of anilines is 1. The molecule has 7 heteroatoms. The number of hydrogen-bond donors (Lipinski definition) is 1. The van der Waals surface area contributed by atoms with E-state index in [4.69, 9.17) is 18.9 Å². The zero-order valence-electron chi connectivity index (χ0n) is 16.9. The first-order chi connectivity index (χ1) is 14.5. The Hall–Kier alpha value is -3.22.